The summed E-state index contributed by atoms with van der Waals surface area (Å²) in [4.78, 5) is 23.6. The van der Waals surface area contributed by atoms with E-state index in [1.54, 1.807) is 72.8 Å². The molecule has 0 aliphatic heterocycles. The Balaban J connectivity index is 0.000000235. The molecular weight excluding hydrogens is 552 g/mol. The number of benzene rings is 4. The Morgan fingerprint density at radius 2 is 0.676 bits per heavy atom. The molecule has 2 N–H and O–H groups in total. The summed E-state index contributed by atoms with van der Waals surface area (Å²) in [5.74, 6) is -0.433. The number of hydrogen-bond donors (Lipinski definition) is 2. The first-order valence-electron chi connectivity index (χ1n) is 11.0. The van der Waals surface area contributed by atoms with Crippen molar-refractivity contribution in [3.63, 3.8) is 0 Å². The van der Waals surface area contributed by atoms with Gasteiger partial charge in [0.2, 0.25) is 0 Å². The predicted octanol–water partition coefficient (Wildman–Crippen LogP) is 6.70. The molecule has 0 spiro atoms. The van der Waals surface area contributed by atoms with Crippen molar-refractivity contribution in [2.75, 3.05) is 0 Å². The maximum atomic E-state index is 11.8. The first kappa shape index (κ1) is 28.8. The quantitative estimate of drug-likeness (QED) is 0.115. The van der Waals surface area contributed by atoms with Crippen LogP contribution in [0.5, 0.6) is 0 Å². The maximum absolute atomic E-state index is 11.8. The van der Waals surface area contributed by atoms with Gasteiger partial charge in [-0.3, -0.25) is 9.59 Å². The van der Waals surface area contributed by atoms with Crippen LogP contribution in [0, 0.1) is 0 Å². The van der Waals surface area contributed by atoms with Crippen molar-refractivity contribution in [3.8, 4) is 0 Å². The van der Waals surface area contributed by atoms with Crippen LogP contribution in [0.4, 0.5) is 0 Å². The molecule has 0 fully saturated rings. The third-order valence-electron chi connectivity index (χ3n) is 4.79. The third kappa shape index (κ3) is 10.4. The number of ketones is 2. The first-order valence-corrected chi connectivity index (χ1v) is 12.6. The van der Waals surface area contributed by atoms with E-state index >= 15 is 0 Å². The molecule has 4 aromatic rings. The van der Waals surface area contributed by atoms with Gasteiger partial charge in [0, 0.05) is 34.4 Å². The fourth-order valence-electron chi connectivity index (χ4n) is 3.00. The van der Waals surface area contributed by atoms with Crippen molar-refractivity contribution < 1.29 is 45.1 Å². The van der Waals surface area contributed by atoms with Crippen LogP contribution >= 0.6 is 0 Å². The number of rotatable bonds is 6. The van der Waals surface area contributed by atoms with E-state index in [-0.39, 0.29) is 23.1 Å². The second kappa shape index (κ2) is 16.3. The van der Waals surface area contributed by atoms with Crippen LogP contribution < -0.4 is 0 Å². The SMILES string of the molecule is O=C(/C=C(\O)c1ccccc1)c1ccccc1.O=C(/C=C(\O)c1ccccc1)c1ccccc1.[O]=[Mo]=[O]. The number of hydrogen-bond acceptors (Lipinski definition) is 6. The van der Waals surface area contributed by atoms with Crippen LogP contribution in [0.3, 0.4) is 0 Å². The van der Waals surface area contributed by atoms with Crippen LogP contribution in [0.1, 0.15) is 31.8 Å². The van der Waals surface area contributed by atoms with Gasteiger partial charge in [0.25, 0.3) is 0 Å². The molecule has 4 aromatic carbocycles. The van der Waals surface area contributed by atoms with Crippen molar-refractivity contribution in [1.29, 1.82) is 0 Å². The van der Waals surface area contributed by atoms with Gasteiger partial charge < -0.3 is 10.2 Å². The molecule has 0 aliphatic carbocycles. The second-order valence-electron chi connectivity index (χ2n) is 7.32. The van der Waals surface area contributed by atoms with Gasteiger partial charge in [-0.25, -0.2) is 0 Å². The van der Waals surface area contributed by atoms with Crippen molar-refractivity contribution in [2.24, 2.45) is 0 Å². The van der Waals surface area contributed by atoms with Gasteiger partial charge in [0.15, 0.2) is 11.6 Å². The topological polar surface area (TPSA) is 109 Å². The van der Waals surface area contributed by atoms with Gasteiger partial charge in [-0.15, -0.1) is 0 Å². The van der Waals surface area contributed by atoms with Crippen LogP contribution in [0.25, 0.3) is 11.5 Å². The summed E-state index contributed by atoms with van der Waals surface area (Å²) in [5, 5.41) is 19.6. The summed E-state index contributed by atoms with van der Waals surface area (Å²) in [6, 6.07) is 35.7. The first-order chi connectivity index (χ1) is 18.0. The molecule has 0 radical (unpaired) electrons. The molecule has 0 unspecified atom stereocenters. The number of aliphatic hydroxyl groups excluding tert-OH is 2. The Bertz CT molecular complexity index is 1260. The summed E-state index contributed by atoms with van der Waals surface area (Å²) in [6.45, 7) is 0. The van der Waals surface area contributed by atoms with E-state index in [2.05, 4.69) is 0 Å². The summed E-state index contributed by atoms with van der Waals surface area (Å²) in [5.41, 5.74) is 2.40. The van der Waals surface area contributed by atoms with Gasteiger partial charge in [-0.1, -0.05) is 121 Å². The van der Waals surface area contributed by atoms with E-state index in [0.29, 0.717) is 22.3 Å². The van der Waals surface area contributed by atoms with E-state index < -0.39 is 18.5 Å². The standard InChI is InChI=1S/2C15H12O2.Mo.2O/c2*16-14(12-7-3-1-4-8-12)11-15(17)13-9-5-2-6-10-13;;;/h2*1-11,16H;;;/b2*14-11-;;;. The molecule has 0 aromatic heterocycles. The summed E-state index contributed by atoms with van der Waals surface area (Å²) >= 11 is -2.03. The summed E-state index contributed by atoms with van der Waals surface area (Å²) < 4.78 is 17.0. The van der Waals surface area contributed by atoms with Gasteiger partial charge >= 0.3 is 25.3 Å². The summed E-state index contributed by atoms with van der Waals surface area (Å²) in [6.07, 6.45) is 2.48. The van der Waals surface area contributed by atoms with Gasteiger partial charge in [-0.2, -0.15) is 0 Å². The molecule has 0 saturated heterocycles. The molecule has 0 aliphatic rings. The van der Waals surface area contributed by atoms with Crippen molar-refractivity contribution in [1.82, 2.24) is 0 Å². The van der Waals surface area contributed by atoms with Crippen molar-refractivity contribution in [2.45, 2.75) is 0 Å². The van der Waals surface area contributed by atoms with E-state index in [4.69, 9.17) is 6.80 Å². The Labute approximate surface area is 223 Å². The van der Waals surface area contributed by atoms with Gasteiger partial charge in [-0.05, 0) is 0 Å². The molecule has 7 heteroatoms. The molecule has 37 heavy (non-hydrogen) atoms. The van der Waals surface area contributed by atoms with E-state index in [0.717, 1.165) is 0 Å². The molecule has 0 saturated carbocycles. The number of carbonyl (C=O) groups excluding carboxylic acids is 2. The van der Waals surface area contributed by atoms with Gasteiger partial charge in [0.05, 0.1) is 0 Å². The molecule has 0 amide bonds. The fourth-order valence-corrected chi connectivity index (χ4v) is 3.00. The molecule has 6 nitrogen and oxygen atoms in total. The zero-order valence-electron chi connectivity index (χ0n) is 19.6. The van der Waals surface area contributed by atoms with Crippen LogP contribution in [0.15, 0.2) is 133 Å². The summed E-state index contributed by atoms with van der Waals surface area (Å²) in [7, 11) is 0. The predicted molar refractivity (Wildman–Crippen MR) is 137 cm³/mol. The monoisotopic (exact) mass is 578 g/mol. The average Bonchev–Trinajstić information content (AvgIpc) is 2.95. The molecule has 0 bridgehead atoms. The zero-order valence-corrected chi connectivity index (χ0v) is 21.6. The minimum atomic E-state index is -2.03. The molecule has 0 atom stereocenters. The number of aliphatic hydroxyl groups is 2. The number of carbonyl (C=O) groups is 2. The molecule has 4 rings (SSSR count). The zero-order chi connectivity index (χ0) is 26.9. The van der Waals surface area contributed by atoms with Crippen LogP contribution in [0.2, 0.25) is 0 Å². The van der Waals surface area contributed by atoms with Crippen molar-refractivity contribution in [3.05, 3.63) is 156 Å². The molecule has 186 valence electrons. The van der Waals surface area contributed by atoms with Crippen LogP contribution in [-0.4, -0.2) is 21.8 Å². The van der Waals surface area contributed by atoms with E-state index in [1.807, 2.05) is 48.5 Å². The Hall–Kier alpha value is -4.41. The average molecular weight is 576 g/mol. The van der Waals surface area contributed by atoms with E-state index in [9.17, 15) is 19.8 Å². The third-order valence-corrected chi connectivity index (χ3v) is 4.79. The molecule has 0 heterocycles. The Morgan fingerprint density at radius 3 is 0.919 bits per heavy atom. The Kier molecular flexibility index (Phi) is 12.7. The van der Waals surface area contributed by atoms with Gasteiger partial charge in [0.1, 0.15) is 11.5 Å². The normalized spacial score (nSPS) is 10.6. The fraction of sp³-hybridized carbons (Fsp3) is 0. The minimum absolute atomic E-state index is 0.0144. The Morgan fingerprint density at radius 1 is 0.459 bits per heavy atom. The van der Waals surface area contributed by atoms with Crippen LogP contribution in [-0.2, 0) is 25.3 Å². The van der Waals surface area contributed by atoms with Crippen molar-refractivity contribution >= 4 is 23.1 Å². The molecular formula is C30H24MoO6. The van der Waals surface area contributed by atoms with E-state index in [1.165, 1.54) is 12.2 Å². The number of allylic oxidation sites excluding steroid dienone is 2. The second-order valence-corrected chi connectivity index (χ2v) is 7.65.